The van der Waals surface area contributed by atoms with Crippen LogP contribution in [0.2, 0.25) is 0 Å². The molecule has 0 radical (unpaired) electrons. The van der Waals surface area contributed by atoms with E-state index in [0.717, 1.165) is 22.6 Å². The van der Waals surface area contributed by atoms with Crippen molar-refractivity contribution in [2.24, 2.45) is 0 Å². The van der Waals surface area contributed by atoms with E-state index < -0.39 is 6.10 Å². The van der Waals surface area contributed by atoms with Crippen LogP contribution in [0.3, 0.4) is 0 Å². The number of fused-ring (bicyclic) bond motifs is 1. The molecule has 1 N–H and O–H groups in total. The van der Waals surface area contributed by atoms with Gasteiger partial charge in [-0.25, -0.2) is 9.37 Å². The van der Waals surface area contributed by atoms with Gasteiger partial charge in [0.15, 0.2) is 0 Å². The first-order valence-corrected chi connectivity index (χ1v) is 11.5. The predicted molar refractivity (Wildman–Crippen MR) is 130 cm³/mol. The number of aromatic nitrogens is 2. The number of carbonyl (C=O) groups excluding carboxylic acids is 1. The molecule has 0 aliphatic carbocycles. The first-order chi connectivity index (χ1) is 17.0. The van der Waals surface area contributed by atoms with E-state index in [2.05, 4.69) is 0 Å². The van der Waals surface area contributed by atoms with Crippen LogP contribution in [-0.2, 0) is 11.3 Å². The number of ether oxygens (including phenoxy) is 2. The zero-order chi connectivity index (χ0) is 24.4. The minimum atomic E-state index is -0.793. The van der Waals surface area contributed by atoms with Gasteiger partial charge < -0.3 is 24.0 Å². The molecule has 1 aliphatic heterocycles. The minimum absolute atomic E-state index is 0.0383. The van der Waals surface area contributed by atoms with Crippen molar-refractivity contribution in [1.82, 2.24) is 9.55 Å². The molecule has 1 saturated heterocycles. The van der Waals surface area contributed by atoms with Crippen LogP contribution in [-0.4, -0.2) is 46.9 Å². The number of amides is 1. The number of para-hydroxylation sites is 2. The molecule has 0 bridgehead atoms. The fourth-order valence-corrected chi connectivity index (χ4v) is 4.48. The van der Waals surface area contributed by atoms with Gasteiger partial charge in [-0.2, -0.15) is 0 Å². The lowest BCUT2D eigenvalue weighted by Gasteiger charge is -2.19. The summed E-state index contributed by atoms with van der Waals surface area (Å²) in [6.07, 6.45) is -0.502. The lowest BCUT2D eigenvalue weighted by atomic mass is 10.1. The van der Waals surface area contributed by atoms with E-state index in [1.165, 1.54) is 12.1 Å². The van der Waals surface area contributed by atoms with Crippen LogP contribution in [0.25, 0.3) is 11.0 Å². The minimum Gasteiger partial charge on any atom is -0.497 e. The van der Waals surface area contributed by atoms with E-state index in [1.807, 2.05) is 28.8 Å². The van der Waals surface area contributed by atoms with Crippen LogP contribution in [0.15, 0.2) is 72.8 Å². The van der Waals surface area contributed by atoms with Crippen molar-refractivity contribution in [1.29, 1.82) is 0 Å². The molecule has 1 aromatic heterocycles. The van der Waals surface area contributed by atoms with E-state index in [4.69, 9.17) is 14.5 Å². The first kappa shape index (κ1) is 22.9. The second-order valence-electron chi connectivity index (χ2n) is 8.59. The van der Waals surface area contributed by atoms with Crippen molar-refractivity contribution in [3.8, 4) is 11.5 Å². The Morgan fingerprint density at radius 1 is 1.06 bits per heavy atom. The summed E-state index contributed by atoms with van der Waals surface area (Å²) >= 11 is 0. The van der Waals surface area contributed by atoms with Gasteiger partial charge in [0.2, 0.25) is 5.91 Å². The molecule has 35 heavy (non-hydrogen) atoms. The number of benzene rings is 3. The van der Waals surface area contributed by atoms with Gasteiger partial charge in [0.1, 0.15) is 35.9 Å². The van der Waals surface area contributed by atoms with Crippen molar-refractivity contribution < 1.29 is 23.8 Å². The third-order valence-electron chi connectivity index (χ3n) is 6.21. The van der Waals surface area contributed by atoms with E-state index >= 15 is 0 Å². The number of methoxy groups -OCH3 is 1. The summed E-state index contributed by atoms with van der Waals surface area (Å²) in [6, 6.07) is 20.8. The number of hydrogen-bond donors (Lipinski definition) is 1. The second kappa shape index (κ2) is 9.76. The molecular formula is C27H26FN3O4. The number of aliphatic hydroxyl groups is 1. The van der Waals surface area contributed by atoms with Gasteiger partial charge in [-0.15, -0.1) is 0 Å². The van der Waals surface area contributed by atoms with Crippen LogP contribution < -0.4 is 14.4 Å². The van der Waals surface area contributed by atoms with Crippen molar-refractivity contribution in [2.75, 3.05) is 25.2 Å². The topological polar surface area (TPSA) is 76.8 Å². The van der Waals surface area contributed by atoms with Gasteiger partial charge in [0.05, 0.1) is 24.7 Å². The summed E-state index contributed by atoms with van der Waals surface area (Å²) in [7, 11) is 1.60. The Bertz CT molecular complexity index is 1320. The third kappa shape index (κ3) is 4.83. The highest BCUT2D eigenvalue weighted by atomic mass is 19.1. The van der Waals surface area contributed by atoms with Crippen LogP contribution in [0.5, 0.6) is 11.5 Å². The Hall–Kier alpha value is -3.91. The molecule has 0 saturated carbocycles. The second-order valence-corrected chi connectivity index (χ2v) is 8.59. The Labute approximate surface area is 202 Å². The summed E-state index contributed by atoms with van der Waals surface area (Å²) < 4.78 is 26.2. The molecule has 0 unspecified atom stereocenters. The molecule has 2 atom stereocenters. The molecule has 4 aromatic rings. The fourth-order valence-electron chi connectivity index (χ4n) is 4.48. The Morgan fingerprint density at radius 2 is 1.77 bits per heavy atom. The molecule has 7 nitrogen and oxygen atoms in total. The summed E-state index contributed by atoms with van der Waals surface area (Å²) in [5.41, 5.74) is 2.35. The lowest BCUT2D eigenvalue weighted by Crippen LogP contribution is -2.26. The zero-order valence-corrected chi connectivity index (χ0v) is 19.3. The number of nitrogens with zero attached hydrogens (tertiary/aromatic N) is 3. The normalized spacial score (nSPS) is 16.6. The van der Waals surface area contributed by atoms with Crippen LogP contribution >= 0.6 is 0 Å². The van der Waals surface area contributed by atoms with Crippen molar-refractivity contribution >= 4 is 22.6 Å². The summed E-state index contributed by atoms with van der Waals surface area (Å²) in [5.74, 6) is 1.57. The van der Waals surface area contributed by atoms with Crippen molar-refractivity contribution in [3.63, 3.8) is 0 Å². The average Bonchev–Trinajstić information content (AvgIpc) is 3.44. The molecule has 3 aromatic carbocycles. The molecule has 1 aliphatic rings. The maximum atomic E-state index is 13.4. The zero-order valence-electron chi connectivity index (χ0n) is 19.3. The van der Waals surface area contributed by atoms with E-state index in [9.17, 15) is 14.3 Å². The standard InChI is InChI=1S/C27H26FN3O4/c1-34-22-10-12-23(13-11-22)35-17-21(32)16-31-25-5-3-2-4-24(25)29-27(31)18-14-26(33)30(15-18)20-8-6-19(28)7-9-20/h2-13,18,21,32H,14-17H2,1H3/t18-,21-/m0/s1. The first-order valence-electron chi connectivity index (χ1n) is 11.5. The molecule has 2 heterocycles. The Balaban J connectivity index is 1.35. The average molecular weight is 476 g/mol. The fraction of sp³-hybridized carbons (Fsp3) is 0.259. The Morgan fingerprint density at radius 3 is 2.51 bits per heavy atom. The smallest absolute Gasteiger partial charge is 0.227 e. The van der Waals surface area contributed by atoms with E-state index in [0.29, 0.717) is 24.4 Å². The maximum absolute atomic E-state index is 13.4. The van der Waals surface area contributed by atoms with Gasteiger partial charge in [-0.05, 0) is 60.7 Å². The summed E-state index contributed by atoms with van der Waals surface area (Å²) in [4.78, 5) is 19.3. The molecular weight excluding hydrogens is 449 g/mol. The molecule has 0 spiro atoms. The number of imidazole rings is 1. The SMILES string of the molecule is COc1ccc(OC[C@@H](O)Cn2c([C@H]3CC(=O)N(c4ccc(F)cc4)C3)nc3ccccc32)cc1. The summed E-state index contributed by atoms with van der Waals surface area (Å²) in [5, 5.41) is 10.8. The number of aliphatic hydroxyl groups excluding tert-OH is 1. The molecule has 8 heteroatoms. The number of hydrogen-bond acceptors (Lipinski definition) is 5. The molecule has 180 valence electrons. The number of rotatable bonds is 8. The molecule has 1 fully saturated rings. The van der Waals surface area contributed by atoms with Gasteiger partial charge >= 0.3 is 0 Å². The largest absolute Gasteiger partial charge is 0.497 e. The van der Waals surface area contributed by atoms with Gasteiger partial charge in [0.25, 0.3) is 0 Å². The highest BCUT2D eigenvalue weighted by Crippen LogP contribution is 2.33. The Kier molecular flexibility index (Phi) is 6.37. The lowest BCUT2D eigenvalue weighted by molar-refractivity contribution is -0.117. The van der Waals surface area contributed by atoms with Gasteiger partial charge in [-0.3, -0.25) is 4.79 Å². The van der Waals surface area contributed by atoms with Gasteiger partial charge in [-0.1, -0.05) is 12.1 Å². The van der Waals surface area contributed by atoms with Crippen molar-refractivity contribution in [3.05, 3.63) is 84.4 Å². The number of halogens is 1. The summed E-state index contributed by atoms with van der Waals surface area (Å²) in [6.45, 7) is 0.809. The predicted octanol–water partition coefficient (Wildman–Crippen LogP) is 4.14. The highest BCUT2D eigenvalue weighted by molar-refractivity contribution is 5.96. The highest BCUT2D eigenvalue weighted by Gasteiger charge is 2.35. The number of anilines is 1. The van der Waals surface area contributed by atoms with E-state index in [-0.39, 0.29) is 30.8 Å². The van der Waals surface area contributed by atoms with Crippen LogP contribution in [0.1, 0.15) is 18.2 Å². The van der Waals surface area contributed by atoms with E-state index in [1.54, 1.807) is 48.4 Å². The van der Waals surface area contributed by atoms with Crippen molar-refractivity contribution in [2.45, 2.75) is 25.0 Å². The monoisotopic (exact) mass is 475 g/mol. The van der Waals surface area contributed by atoms with Crippen LogP contribution in [0.4, 0.5) is 10.1 Å². The number of carbonyl (C=O) groups is 1. The molecule has 1 amide bonds. The van der Waals surface area contributed by atoms with Gasteiger partial charge in [0, 0.05) is 24.6 Å². The van der Waals surface area contributed by atoms with Crippen LogP contribution in [0, 0.1) is 5.82 Å². The quantitative estimate of drug-likeness (QED) is 0.415. The third-order valence-corrected chi connectivity index (χ3v) is 6.21. The maximum Gasteiger partial charge on any atom is 0.227 e. The molecule has 5 rings (SSSR count).